The van der Waals surface area contributed by atoms with E-state index >= 15 is 0 Å². The van der Waals surface area contributed by atoms with Crippen molar-refractivity contribution in [1.82, 2.24) is 19.4 Å². The molecule has 0 saturated heterocycles. The van der Waals surface area contributed by atoms with Gasteiger partial charge in [0, 0.05) is 55.4 Å². The number of halogens is 1. The van der Waals surface area contributed by atoms with Crippen LogP contribution in [0.2, 0.25) is 5.02 Å². The normalized spacial score (nSPS) is 11.1. The van der Waals surface area contributed by atoms with Crippen molar-refractivity contribution in [2.24, 2.45) is 7.05 Å². The van der Waals surface area contributed by atoms with Crippen LogP contribution in [0.3, 0.4) is 0 Å². The summed E-state index contributed by atoms with van der Waals surface area (Å²) < 4.78 is 2.05. The van der Waals surface area contributed by atoms with Gasteiger partial charge in [-0.05, 0) is 38.4 Å². The largest absolute Gasteiger partial charge is 0.382 e. The first-order valence-corrected chi connectivity index (χ1v) is 11.3. The van der Waals surface area contributed by atoms with Gasteiger partial charge in [-0.3, -0.25) is 4.79 Å². The van der Waals surface area contributed by atoms with E-state index in [-0.39, 0.29) is 5.91 Å². The predicted molar refractivity (Wildman–Crippen MR) is 140 cm³/mol. The number of hydrogen-bond donors (Lipinski definition) is 3. The Morgan fingerprint density at radius 3 is 2.71 bits per heavy atom. The lowest BCUT2D eigenvalue weighted by atomic mass is 10.1. The van der Waals surface area contributed by atoms with Crippen molar-refractivity contribution in [2.45, 2.75) is 6.92 Å². The molecule has 0 fully saturated rings. The molecule has 0 aliphatic rings. The summed E-state index contributed by atoms with van der Waals surface area (Å²) in [5.41, 5.74) is 4.95. The summed E-state index contributed by atoms with van der Waals surface area (Å²) in [6.45, 7) is 3.11. The van der Waals surface area contributed by atoms with Crippen molar-refractivity contribution in [3.05, 3.63) is 59.9 Å². The van der Waals surface area contributed by atoms with Gasteiger partial charge >= 0.3 is 0 Å². The van der Waals surface area contributed by atoms with Gasteiger partial charge in [0.1, 0.15) is 0 Å². The van der Waals surface area contributed by atoms with Gasteiger partial charge in [0.05, 0.1) is 28.3 Å². The summed E-state index contributed by atoms with van der Waals surface area (Å²) in [4.78, 5) is 22.9. The third-order valence-electron chi connectivity index (χ3n) is 5.36. The number of aryl methyl sites for hydroxylation is 1. The molecule has 1 amide bonds. The number of benzene rings is 2. The second-order valence-corrected chi connectivity index (χ2v) is 8.76. The van der Waals surface area contributed by atoms with E-state index in [1.165, 1.54) is 6.92 Å². The maximum Gasteiger partial charge on any atom is 0.227 e. The summed E-state index contributed by atoms with van der Waals surface area (Å²) in [6, 6.07) is 13.8. The van der Waals surface area contributed by atoms with Gasteiger partial charge in [0.25, 0.3) is 0 Å². The van der Waals surface area contributed by atoms with Gasteiger partial charge in [0.15, 0.2) is 0 Å². The molecule has 4 rings (SSSR count). The molecule has 0 unspecified atom stereocenters. The molecule has 0 spiro atoms. The lowest BCUT2D eigenvalue weighted by Crippen LogP contribution is -2.21. The van der Waals surface area contributed by atoms with Crippen LogP contribution in [0.25, 0.3) is 22.2 Å². The molecule has 0 aliphatic carbocycles. The molecule has 0 saturated carbocycles. The van der Waals surface area contributed by atoms with Crippen LogP contribution in [-0.4, -0.2) is 52.5 Å². The standard InChI is InChI=1S/C25H28ClN7O/c1-16(34)29-22-13-17(9-10-21(22)27-11-12-32(2)3)30-25-28-14-20(26)24(31-25)19-15-33(4)23-8-6-5-7-18(19)23/h5-10,13-15,27H,11-12H2,1-4H3,(H,29,34)(H,28,30,31). The highest BCUT2D eigenvalue weighted by molar-refractivity contribution is 6.33. The molecule has 0 aliphatic heterocycles. The van der Waals surface area contributed by atoms with E-state index in [1.807, 2.05) is 57.7 Å². The van der Waals surface area contributed by atoms with Crippen LogP contribution in [0.5, 0.6) is 0 Å². The Bertz CT molecular complexity index is 1330. The van der Waals surface area contributed by atoms with Gasteiger partial charge in [-0.1, -0.05) is 29.8 Å². The lowest BCUT2D eigenvalue weighted by molar-refractivity contribution is -0.114. The zero-order valence-electron chi connectivity index (χ0n) is 19.7. The molecule has 2 heterocycles. The number of amides is 1. The van der Waals surface area contributed by atoms with Gasteiger partial charge in [-0.15, -0.1) is 0 Å². The number of aromatic nitrogens is 3. The molecule has 34 heavy (non-hydrogen) atoms. The first-order chi connectivity index (χ1) is 16.3. The molecule has 4 aromatic rings. The second-order valence-electron chi connectivity index (χ2n) is 8.36. The number of nitrogens with zero attached hydrogens (tertiary/aromatic N) is 4. The maximum atomic E-state index is 11.8. The van der Waals surface area contributed by atoms with Gasteiger partial charge < -0.3 is 25.4 Å². The van der Waals surface area contributed by atoms with Gasteiger partial charge in [-0.2, -0.15) is 0 Å². The molecule has 0 bridgehead atoms. The molecule has 0 radical (unpaired) electrons. The first kappa shape index (κ1) is 23.5. The fourth-order valence-electron chi connectivity index (χ4n) is 3.76. The molecule has 176 valence electrons. The number of nitrogens with one attached hydrogen (secondary N) is 3. The number of fused-ring (bicyclic) bond motifs is 1. The van der Waals surface area contributed by atoms with Crippen LogP contribution in [0.15, 0.2) is 54.9 Å². The molecule has 2 aromatic heterocycles. The molecular weight excluding hydrogens is 450 g/mol. The number of anilines is 4. The molecule has 0 atom stereocenters. The Morgan fingerprint density at radius 2 is 1.94 bits per heavy atom. The monoisotopic (exact) mass is 477 g/mol. The number of hydrogen-bond acceptors (Lipinski definition) is 6. The highest BCUT2D eigenvalue weighted by atomic mass is 35.5. The SMILES string of the molecule is CC(=O)Nc1cc(Nc2ncc(Cl)c(-c3cn(C)c4ccccc34)n2)ccc1NCCN(C)C. The third-order valence-corrected chi connectivity index (χ3v) is 5.63. The van der Waals surface area contributed by atoms with E-state index in [0.717, 1.165) is 40.9 Å². The van der Waals surface area contributed by atoms with Crippen molar-refractivity contribution in [1.29, 1.82) is 0 Å². The zero-order chi connectivity index (χ0) is 24.2. The second kappa shape index (κ2) is 10.1. The number of rotatable bonds is 8. The van der Waals surface area contributed by atoms with Gasteiger partial charge in [0.2, 0.25) is 11.9 Å². The predicted octanol–water partition coefficient (Wildman–Crippen LogP) is 4.96. The van der Waals surface area contributed by atoms with Crippen molar-refractivity contribution in [3.8, 4) is 11.3 Å². The van der Waals surface area contributed by atoms with E-state index in [0.29, 0.717) is 22.4 Å². The van der Waals surface area contributed by atoms with E-state index in [9.17, 15) is 4.79 Å². The van der Waals surface area contributed by atoms with Crippen LogP contribution in [0.4, 0.5) is 23.0 Å². The molecule has 8 nitrogen and oxygen atoms in total. The topological polar surface area (TPSA) is 87.1 Å². The van der Waals surface area contributed by atoms with E-state index < -0.39 is 0 Å². The average molecular weight is 478 g/mol. The molecule has 9 heteroatoms. The lowest BCUT2D eigenvalue weighted by Gasteiger charge is -2.16. The number of para-hydroxylation sites is 1. The minimum Gasteiger partial charge on any atom is -0.382 e. The van der Waals surface area contributed by atoms with E-state index in [1.54, 1.807) is 6.20 Å². The van der Waals surface area contributed by atoms with Crippen LogP contribution < -0.4 is 16.0 Å². The molecule has 2 aromatic carbocycles. The van der Waals surface area contributed by atoms with Crippen LogP contribution in [0, 0.1) is 0 Å². The average Bonchev–Trinajstić information content (AvgIpc) is 3.12. The van der Waals surface area contributed by atoms with Crippen molar-refractivity contribution in [3.63, 3.8) is 0 Å². The third kappa shape index (κ3) is 5.30. The van der Waals surface area contributed by atoms with E-state index in [4.69, 9.17) is 16.6 Å². The highest BCUT2D eigenvalue weighted by Gasteiger charge is 2.15. The summed E-state index contributed by atoms with van der Waals surface area (Å²) in [5, 5.41) is 11.0. The Morgan fingerprint density at radius 1 is 1.15 bits per heavy atom. The number of likely N-dealkylation sites (N-methyl/N-ethyl adjacent to an activating group) is 1. The maximum absolute atomic E-state index is 11.8. The minimum absolute atomic E-state index is 0.145. The van der Waals surface area contributed by atoms with Crippen LogP contribution in [0.1, 0.15) is 6.92 Å². The zero-order valence-corrected chi connectivity index (χ0v) is 20.4. The Kier molecular flexibility index (Phi) is 7.00. The Balaban J connectivity index is 1.63. The fourth-order valence-corrected chi connectivity index (χ4v) is 3.95. The smallest absolute Gasteiger partial charge is 0.227 e. The quantitative estimate of drug-likeness (QED) is 0.332. The first-order valence-electron chi connectivity index (χ1n) is 11.0. The fraction of sp³-hybridized carbons (Fsp3) is 0.240. The van der Waals surface area contributed by atoms with Crippen molar-refractivity contribution in [2.75, 3.05) is 43.1 Å². The Labute approximate surface area is 204 Å². The van der Waals surface area contributed by atoms with Crippen LogP contribution >= 0.6 is 11.6 Å². The van der Waals surface area contributed by atoms with Gasteiger partial charge in [-0.25, -0.2) is 9.97 Å². The summed E-state index contributed by atoms with van der Waals surface area (Å²) in [5.74, 6) is 0.267. The number of carbonyl (C=O) groups excluding carboxylic acids is 1. The summed E-state index contributed by atoms with van der Waals surface area (Å²) in [6.07, 6.45) is 3.62. The van der Waals surface area contributed by atoms with E-state index in [2.05, 4.69) is 42.5 Å². The highest BCUT2D eigenvalue weighted by Crippen LogP contribution is 2.34. The summed E-state index contributed by atoms with van der Waals surface area (Å²) in [7, 11) is 6.03. The Hall–Kier alpha value is -3.62. The minimum atomic E-state index is -0.145. The van der Waals surface area contributed by atoms with Crippen molar-refractivity contribution >= 4 is 51.4 Å². The van der Waals surface area contributed by atoms with Crippen LogP contribution in [-0.2, 0) is 11.8 Å². The molecule has 3 N–H and O–H groups in total. The van der Waals surface area contributed by atoms with Crippen molar-refractivity contribution < 1.29 is 4.79 Å². The number of carbonyl (C=O) groups is 1. The summed E-state index contributed by atoms with van der Waals surface area (Å²) >= 11 is 6.50. The molecular formula is C25H28ClN7O.